The van der Waals surface area contributed by atoms with Crippen molar-refractivity contribution in [3.63, 3.8) is 0 Å². The molecule has 0 spiro atoms. The van der Waals surface area contributed by atoms with Gasteiger partial charge in [0.1, 0.15) is 11.8 Å². The number of nitrogens with one attached hydrogen (secondary N) is 1. The second-order valence-electron chi connectivity index (χ2n) is 4.26. The van der Waals surface area contributed by atoms with Gasteiger partial charge in [0.2, 0.25) is 0 Å². The number of nitriles is 1. The molecule has 1 aromatic carbocycles. The van der Waals surface area contributed by atoms with Crippen molar-refractivity contribution in [2.24, 2.45) is 0 Å². The molecule has 2 rings (SSSR count). The van der Waals surface area contributed by atoms with Gasteiger partial charge in [0.05, 0.1) is 17.2 Å². The van der Waals surface area contributed by atoms with Crippen LogP contribution in [0.1, 0.15) is 23.8 Å². The SMILES string of the molecule is CCCOc1ccc(NCc2cc(C#N)cs2)cc1Cl. The second-order valence-corrected chi connectivity index (χ2v) is 5.66. The Kier molecular flexibility index (Phi) is 5.28. The molecular formula is C15H15ClN2OS. The quantitative estimate of drug-likeness (QED) is 0.843. The third kappa shape index (κ3) is 3.89. The first-order valence-electron chi connectivity index (χ1n) is 6.36. The van der Waals surface area contributed by atoms with E-state index >= 15 is 0 Å². The Hall–Kier alpha value is -1.70. The third-order valence-electron chi connectivity index (χ3n) is 2.64. The van der Waals surface area contributed by atoms with E-state index < -0.39 is 0 Å². The average Bonchev–Trinajstić information content (AvgIpc) is 2.92. The highest BCUT2D eigenvalue weighted by molar-refractivity contribution is 7.10. The van der Waals surface area contributed by atoms with Gasteiger partial charge < -0.3 is 10.1 Å². The summed E-state index contributed by atoms with van der Waals surface area (Å²) in [6, 6.07) is 9.68. The summed E-state index contributed by atoms with van der Waals surface area (Å²) in [4.78, 5) is 1.11. The molecule has 20 heavy (non-hydrogen) atoms. The summed E-state index contributed by atoms with van der Waals surface area (Å²) in [5, 5.41) is 14.5. The Bertz CT molecular complexity index is 619. The van der Waals surface area contributed by atoms with E-state index in [0.717, 1.165) is 17.0 Å². The molecule has 0 aliphatic heterocycles. The lowest BCUT2D eigenvalue weighted by molar-refractivity contribution is 0.317. The van der Waals surface area contributed by atoms with Gasteiger partial charge in [0, 0.05) is 22.5 Å². The van der Waals surface area contributed by atoms with Crippen LogP contribution in [0.5, 0.6) is 5.75 Å². The Morgan fingerprint density at radius 3 is 2.90 bits per heavy atom. The number of ether oxygens (including phenoxy) is 1. The van der Waals surface area contributed by atoms with E-state index in [1.807, 2.05) is 29.6 Å². The minimum absolute atomic E-state index is 0.604. The minimum atomic E-state index is 0.604. The highest BCUT2D eigenvalue weighted by Gasteiger charge is 2.04. The van der Waals surface area contributed by atoms with Crippen LogP contribution in [-0.2, 0) is 6.54 Å². The zero-order chi connectivity index (χ0) is 14.4. The summed E-state index contributed by atoms with van der Waals surface area (Å²) in [6.07, 6.45) is 0.954. The Balaban J connectivity index is 1.96. The van der Waals surface area contributed by atoms with Gasteiger partial charge in [-0.15, -0.1) is 11.3 Å². The first-order valence-corrected chi connectivity index (χ1v) is 7.62. The molecular weight excluding hydrogens is 292 g/mol. The Morgan fingerprint density at radius 1 is 1.40 bits per heavy atom. The fourth-order valence-electron chi connectivity index (χ4n) is 1.66. The Morgan fingerprint density at radius 2 is 2.25 bits per heavy atom. The van der Waals surface area contributed by atoms with Gasteiger partial charge in [0.15, 0.2) is 0 Å². The molecule has 3 nitrogen and oxygen atoms in total. The zero-order valence-corrected chi connectivity index (χ0v) is 12.7. The lowest BCUT2D eigenvalue weighted by atomic mass is 10.3. The molecule has 0 fully saturated rings. The summed E-state index contributed by atoms with van der Waals surface area (Å²) >= 11 is 7.74. The predicted molar refractivity (Wildman–Crippen MR) is 83.6 cm³/mol. The van der Waals surface area contributed by atoms with E-state index in [4.69, 9.17) is 21.6 Å². The highest BCUT2D eigenvalue weighted by Crippen LogP contribution is 2.28. The standard InChI is InChI=1S/C15H15ClN2OS/c1-2-5-19-15-4-3-12(7-14(15)16)18-9-13-6-11(8-17)10-20-13/h3-4,6-7,10,18H,2,5,9H2,1H3. The molecule has 0 radical (unpaired) electrons. The van der Waals surface area contributed by atoms with E-state index in [9.17, 15) is 0 Å². The fraction of sp³-hybridized carbons (Fsp3) is 0.267. The summed E-state index contributed by atoms with van der Waals surface area (Å²) in [5.41, 5.74) is 1.64. The highest BCUT2D eigenvalue weighted by atomic mass is 35.5. The minimum Gasteiger partial charge on any atom is -0.492 e. The molecule has 1 aromatic heterocycles. The monoisotopic (exact) mass is 306 g/mol. The molecule has 1 heterocycles. The molecule has 5 heteroatoms. The molecule has 104 valence electrons. The van der Waals surface area contributed by atoms with E-state index in [1.165, 1.54) is 0 Å². The maximum atomic E-state index is 8.78. The van der Waals surface area contributed by atoms with Gasteiger partial charge in [-0.1, -0.05) is 18.5 Å². The summed E-state index contributed by atoms with van der Waals surface area (Å²) in [6.45, 7) is 3.40. The van der Waals surface area contributed by atoms with Crippen LogP contribution in [0.15, 0.2) is 29.6 Å². The molecule has 0 amide bonds. The van der Waals surface area contributed by atoms with Crippen LogP contribution in [0.3, 0.4) is 0 Å². The van der Waals surface area contributed by atoms with Gasteiger partial charge in [-0.2, -0.15) is 5.26 Å². The van der Waals surface area contributed by atoms with Crippen LogP contribution >= 0.6 is 22.9 Å². The van der Waals surface area contributed by atoms with Gasteiger partial charge in [-0.25, -0.2) is 0 Å². The second kappa shape index (κ2) is 7.18. The van der Waals surface area contributed by atoms with Gasteiger partial charge in [-0.3, -0.25) is 0 Å². The van der Waals surface area contributed by atoms with Gasteiger partial charge in [-0.05, 0) is 30.7 Å². The predicted octanol–water partition coefficient (Wildman–Crippen LogP) is 4.67. The number of anilines is 1. The lowest BCUT2D eigenvalue weighted by Gasteiger charge is -2.10. The lowest BCUT2D eigenvalue weighted by Crippen LogP contribution is -1.99. The van der Waals surface area contributed by atoms with E-state index in [2.05, 4.69) is 18.3 Å². The number of nitrogens with zero attached hydrogens (tertiary/aromatic N) is 1. The smallest absolute Gasteiger partial charge is 0.138 e. The van der Waals surface area contributed by atoms with Crippen LogP contribution in [0.2, 0.25) is 5.02 Å². The van der Waals surface area contributed by atoms with Crippen molar-refractivity contribution in [2.75, 3.05) is 11.9 Å². The van der Waals surface area contributed by atoms with Crippen molar-refractivity contribution < 1.29 is 4.74 Å². The van der Waals surface area contributed by atoms with Gasteiger partial charge >= 0.3 is 0 Å². The van der Waals surface area contributed by atoms with E-state index in [0.29, 0.717) is 29.5 Å². The summed E-state index contributed by atoms with van der Waals surface area (Å²) < 4.78 is 5.53. The molecule has 0 saturated heterocycles. The van der Waals surface area contributed by atoms with Crippen molar-refractivity contribution in [3.8, 4) is 11.8 Å². The molecule has 0 saturated carbocycles. The number of thiophene rings is 1. The average molecular weight is 307 g/mol. The number of hydrogen-bond donors (Lipinski definition) is 1. The molecule has 0 bridgehead atoms. The van der Waals surface area contributed by atoms with E-state index in [1.54, 1.807) is 11.3 Å². The van der Waals surface area contributed by atoms with Crippen LogP contribution in [0.25, 0.3) is 0 Å². The van der Waals surface area contributed by atoms with Crippen LogP contribution in [-0.4, -0.2) is 6.61 Å². The molecule has 0 aliphatic carbocycles. The molecule has 0 aliphatic rings. The molecule has 0 unspecified atom stereocenters. The number of rotatable bonds is 6. The first-order chi connectivity index (χ1) is 9.72. The van der Waals surface area contributed by atoms with Crippen LogP contribution < -0.4 is 10.1 Å². The van der Waals surface area contributed by atoms with Crippen LogP contribution in [0, 0.1) is 11.3 Å². The number of benzene rings is 1. The molecule has 1 N–H and O–H groups in total. The largest absolute Gasteiger partial charge is 0.492 e. The number of hydrogen-bond acceptors (Lipinski definition) is 4. The van der Waals surface area contributed by atoms with E-state index in [-0.39, 0.29) is 0 Å². The number of halogens is 1. The first kappa shape index (κ1) is 14.7. The maximum absolute atomic E-state index is 8.78. The zero-order valence-electron chi connectivity index (χ0n) is 11.1. The molecule has 2 aromatic rings. The van der Waals surface area contributed by atoms with Crippen molar-refractivity contribution in [1.82, 2.24) is 0 Å². The van der Waals surface area contributed by atoms with Gasteiger partial charge in [0.25, 0.3) is 0 Å². The fourth-order valence-corrected chi connectivity index (χ4v) is 2.65. The topological polar surface area (TPSA) is 45.0 Å². The molecule has 0 atom stereocenters. The summed E-state index contributed by atoms with van der Waals surface area (Å²) in [5.74, 6) is 0.710. The third-order valence-corrected chi connectivity index (χ3v) is 3.88. The van der Waals surface area contributed by atoms with Crippen LogP contribution in [0.4, 0.5) is 5.69 Å². The normalized spacial score (nSPS) is 10.1. The maximum Gasteiger partial charge on any atom is 0.138 e. The Labute approximate surface area is 127 Å². The summed E-state index contributed by atoms with van der Waals surface area (Å²) in [7, 11) is 0. The van der Waals surface area contributed by atoms with Crippen molar-refractivity contribution in [1.29, 1.82) is 5.26 Å². The van der Waals surface area contributed by atoms with Crippen molar-refractivity contribution in [2.45, 2.75) is 19.9 Å². The van der Waals surface area contributed by atoms with Crippen molar-refractivity contribution in [3.05, 3.63) is 45.1 Å². The van der Waals surface area contributed by atoms with Crippen molar-refractivity contribution >= 4 is 28.6 Å².